The van der Waals surface area contributed by atoms with Gasteiger partial charge in [-0.05, 0) is 20.3 Å². The van der Waals surface area contributed by atoms with Crippen molar-refractivity contribution in [2.45, 2.75) is 38.8 Å². The summed E-state index contributed by atoms with van der Waals surface area (Å²) in [5.74, 6) is 0.0243. The summed E-state index contributed by atoms with van der Waals surface area (Å²) in [6.45, 7) is 3.86. The molecule has 0 saturated heterocycles. The summed E-state index contributed by atoms with van der Waals surface area (Å²) in [5.41, 5.74) is 7.70. The van der Waals surface area contributed by atoms with E-state index in [1.54, 1.807) is 11.3 Å². The molecule has 1 aromatic carbocycles. The van der Waals surface area contributed by atoms with Gasteiger partial charge >= 0.3 is 0 Å². The zero-order valence-corrected chi connectivity index (χ0v) is 13.2. The summed E-state index contributed by atoms with van der Waals surface area (Å²) in [5, 5.41) is 5.91. The molecule has 0 aliphatic rings. The molecule has 4 nitrogen and oxygen atoms in total. The third-order valence-corrected chi connectivity index (χ3v) is 4.19. The van der Waals surface area contributed by atoms with E-state index in [0.29, 0.717) is 12.8 Å². The largest absolute Gasteiger partial charge is 0.347 e. The Balaban J connectivity index is 1.96. The van der Waals surface area contributed by atoms with Crippen LogP contribution in [-0.4, -0.2) is 16.9 Å². The van der Waals surface area contributed by atoms with Gasteiger partial charge in [0.15, 0.2) is 0 Å². The Labute approximate surface area is 129 Å². The van der Waals surface area contributed by atoms with E-state index in [2.05, 4.69) is 10.3 Å². The van der Waals surface area contributed by atoms with Gasteiger partial charge in [-0.25, -0.2) is 4.98 Å². The molecule has 21 heavy (non-hydrogen) atoms. The van der Waals surface area contributed by atoms with E-state index in [1.807, 2.05) is 49.6 Å². The lowest BCUT2D eigenvalue weighted by molar-refractivity contribution is -0.121. The number of thiazole rings is 1. The molecule has 0 aliphatic carbocycles. The second kappa shape index (κ2) is 7.33. The Hall–Kier alpha value is -1.72. The van der Waals surface area contributed by atoms with Crippen molar-refractivity contribution in [2.24, 2.45) is 5.73 Å². The number of benzene rings is 1. The van der Waals surface area contributed by atoms with Crippen LogP contribution in [0.25, 0.3) is 11.3 Å². The number of rotatable bonds is 6. The molecule has 1 aromatic heterocycles. The van der Waals surface area contributed by atoms with Crippen LogP contribution in [0.5, 0.6) is 0 Å². The third kappa shape index (κ3) is 4.65. The molecule has 0 bridgehead atoms. The lowest BCUT2D eigenvalue weighted by Gasteiger charge is -2.12. The van der Waals surface area contributed by atoms with Gasteiger partial charge in [0.25, 0.3) is 0 Å². The van der Waals surface area contributed by atoms with Crippen LogP contribution in [0.2, 0.25) is 0 Å². The van der Waals surface area contributed by atoms with Crippen molar-refractivity contribution in [3.8, 4) is 11.3 Å². The fourth-order valence-corrected chi connectivity index (χ4v) is 2.80. The Morgan fingerprint density at radius 3 is 2.71 bits per heavy atom. The summed E-state index contributed by atoms with van der Waals surface area (Å²) >= 11 is 1.57. The average Bonchev–Trinajstić information content (AvgIpc) is 2.96. The van der Waals surface area contributed by atoms with E-state index >= 15 is 0 Å². The molecular formula is C16H21N3OS. The van der Waals surface area contributed by atoms with Gasteiger partial charge < -0.3 is 11.1 Å². The van der Waals surface area contributed by atoms with Crippen LogP contribution in [-0.2, 0) is 4.79 Å². The molecule has 5 heteroatoms. The number of nitrogens with zero attached hydrogens (tertiary/aromatic N) is 1. The first kappa shape index (κ1) is 15.7. The second-order valence-electron chi connectivity index (χ2n) is 5.24. The van der Waals surface area contributed by atoms with Crippen molar-refractivity contribution in [1.82, 2.24) is 10.3 Å². The molecule has 2 atom stereocenters. The molecule has 1 heterocycles. The predicted molar refractivity (Wildman–Crippen MR) is 87.0 cm³/mol. The fraction of sp³-hybridized carbons (Fsp3) is 0.375. The highest BCUT2D eigenvalue weighted by molar-refractivity contribution is 7.10. The number of hydrogen-bond donors (Lipinski definition) is 2. The minimum atomic E-state index is -0.0759. The fourth-order valence-electron chi connectivity index (χ4n) is 1.96. The summed E-state index contributed by atoms with van der Waals surface area (Å²) < 4.78 is 0. The smallest absolute Gasteiger partial charge is 0.220 e. The van der Waals surface area contributed by atoms with E-state index in [0.717, 1.165) is 16.3 Å². The Morgan fingerprint density at radius 2 is 2.05 bits per heavy atom. The topological polar surface area (TPSA) is 68.0 Å². The minimum Gasteiger partial charge on any atom is -0.347 e. The molecule has 1 amide bonds. The molecule has 3 N–H and O–H groups in total. The van der Waals surface area contributed by atoms with E-state index in [4.69, 9.17) is 5.73 Å². The first-order valence-corrected chi connectivity index (χ1v) is 8.00. The lowest BCUT2D eigenvalue weighted by atomic mass is 10.2. The molecule has 0 spiro atoms. The van der Waals surface area contributed by atoms with Gasteiger partial charge in [0.05, 0.1) is 11.7 Å². The third-order valence-electron chi connectivity index (χ3n) is 3.17. The highest BCUT2D eigenvalue weighted by Crippen LogP contribution is 2.25. The number of nitrogens with two attached hydrogens (primary N) is 1. The van der Waals surface area contributed by atoms with Gasteiger partial charge in [0, 0.05) is 23.4 Å². The minimum absolute atomic E-state index is 0.0243. The second-order valence-corrected chi connectivity index (χ2v) is 6.13. The number of carbonyl (C=O) groups excluding carboxylic acids is 1. The lowest BCUT2D eigenvalue weighted by Crippen LogP contribution is -2.28. The summed E-state index contributed by atoms with van der Waals surface area (Å²) in [7, 11) is 0. The van der Waals surface area contributed by atoms with Crippen molar-refractivity contribution in [1.29, 1.82) is 0 Å². The quantitative estimate of drug-likeness (QED) is 0.861. The van der Waals surface area contributed by atoms with Gasteiger partial charge in [-0.1, -0.05) is 30.3 Å². The highest BCUT2D eigenvalue weighted by Gasteiger charge is 2.14. The van der Waals surface area contributed by atoms with Gasteiger partial charge in [-0.15, -0.1) is 11.3 Å². The van der Waals surface area contributed by atoms with E-state index in [-0.39, 0.29) is 18.0 Å². The molecule has 112 valence electrons. The van der Waals surface area contributed by atoms with Crippen molar-refractivity contribution >= 4 is 17.2 Å². The first-order valence-electron chi connectivity index (χ1n) is 7.12. The van der Waals surface area contributed by atoms with Crippen LogP contribution in [0.1, 0.15) is 37.7 Å². The summed E-state index contributed by atoms with van der Waals surface area (Å²) in [4.78, 5) is 16.4. The van der Waals surface area contributed by atoms with E-state index < -0.39 is 0 Å². The standard InChI is InChI=1S/C16H21N3OS/c1-11(17)8-9-15(20)18-12(2)16-19-14(10-21-16)13-6-4-3-5-7-13/h3-7,10-12H,8-9,17H2,1-2H3,(H,18,20). The maximum Gasteiger partial charge on any atom is 0.220 e. The Kier molecular flexibility index (Phi) is 5.47. The predicted octanol–water partition coefficient (Wildman–Crippen LogP) is 3.11. The number of nitrogens with one attached hydrogen (secondary N) is 1. The normalized spacial score (nSPS) is 13.7. The first-order chi connectivity index (χ1) is 10.1. The van der Waals surface area contributed by atoms with Crippen LogP contribution >= 0.6 is 11.3 Å². The maximum absolute atomic E-state index is 11.8. The van der Waals surface area contributed by atoms with Crippen molar-refractivity contribution in [3.05, 3.63) is 40.7 Å². The van der Waals surface area contributed by atoms with Gasteiger partial charge in [0.1, 0.15) is 5.01 Å². The maximum atomic E-state index is 11.8. The van der Waals surface area contributed by atoms with Gasteiger partial charge in [-0.3, -0.25) is 4.79 Å². The molecule has 0 saturated carbocycles. The molecular weight excluding hydrogens is 282 g/mol. The van der Waals surface area contributed by atoms with Crippen molar-refractivity contribution < 1.29 is 4.79 Å². The van der Waals surface area contributed by atoms with Crippen LogP contribution in [0.4, 0.5) is 0 Å². The van der Waals surface area contributed by atoms with Gasteiger partial charge in [-0.2, -0.15) is 0 Å². The summed E-state index contributed by atoms with van der Waals surface area (Å²) in [6, 6.07) is 10.0. The van der Waals surface area contributed by atoms with Crippen LogP contribution in [0, 0.1) is 0 Å². The number of aromatic nitrogens is 1. The molecule has 2 unspecified atom stereocenters. The molecule has 0 radical (unpaired) electrons. The molecule has 0 aliphatic heterocycles. The molecule has 2 rings (SSSR count). The van der Waals surface area contributed by atoms with E-state index in [9.17, 15) is 4.79 Å². The number of amides is 1. The van der Waals surface area contributed by atoms with Crippen molar-refractivity contribution in [2.75, 3.05) is 0 Å². The zero-order valence-electron chi connectivity index (χ0n) is 12.4. The van der Waals surface area contributed by atoms with Crippen LogP contribution in [0.15, 0.2) is 35.7 Å². The van der Waals surface area contributed by atoms with Gasteiger partial charge in [0.2, 0.25) is 5.91 Å². The average molecular weight is 303 g/mol. The monoisotopic (exact) mass is 303 g/mol. The highest BCUT2D eigenvalue weighted by atomic mass is 32.1. The summed E-state index contributed by atoms with van der Waals surface area (Å²) in [6.07, 6.45) is 1.16. The molecule has 0 fully saturated rings. The van der Waals surface area contributed by atoms with Crippen LogP contribution in [0.3, 0.4) is 0 Å². The Morgan fingerprint density at radius 1 is 1.33 bits per heavy atom. The number of hydrogen-bond acceptors (Lipinski definition) is 4. The van der Waals surface area contributed by atoms with Crippen LogP contribution < -0.4 is 11.1 Å². The zero-order chi connectivity index (χ0) is 15.2. The SMILES string of the molecule is CC(N)CCC(=O)NC(C)c1nc(-c2ccccc2)cs1. The van der Waals surface area contributed by atoms with Crippen molar-refractivity contribution in [3.63, 3.8) is 0 Å². The molecule has 2 aromatic rings. The number of carbonyl (C=O) groups is 1. The van der Waals surface area contributed by atoms with E-state index in [1.165, 1.54) is 0 Å². The Bertz CT molecular complexity index is 580.